The predicted molar refractivity (Wildman–Crippen MR) is 54.2 cm³/mol. The van der Waals surface area contributed by atoms with Crippen LogP contribution >= 0.6 is 0 Å². The van der Waals surface area contributed by atoms with Crippen molar-refractivity contribution in [3.8, 4) is 0 Å². The lowest BCUT2D eigenvalue weighted by Gasteiger charge is -2.46. The summed E-state index contributed by atoms with van der Waals surface area (Å²) in [6.07, 6.45) is 5.67. The van der Waals surface area contributed by atoms with Crippen molar-refractivity contribution in [2.24, 2.45) is 5.92 Å². The van der Waals surface area contributed by atoms with E-state index < -0.39 is 5.97 Å². The van der Waals surface area contributed by atoms with Gasteiger partial charge in [-0.3, -0.25) is 9.69 Å². The molecule has 14 heavy (non-hydrogen) atoms. The van der Waals surface area contributed by atoms with Crippen LogP contribution in [0, 0.1) is 5.92 Å². The SMILES string of the molecule is CC1CCCCN1C1CC(C(=O)O)C1. The molecule has 0 spiro atoms. The van der Waals surface area contributed by atoms with Gasteiger partial charge in [-0.15, -0.1) is 0 Å². The molecule has 0 aromatic carbocycles. The monoisotopic (exact) mass is 197 g/mol. The highest BCUT2D eigenvalue weighted by Gasteiger charge is 2.39. The second-order valence-electron chi connectivity index (χ2n) is 4.74. The Kier molecular flexibility index (Phi) is 2.77. The minimum absolute atomic E-state index is 0.0610. The standard InChI is InChI=1S/C11H19NO2/c1-8-4-2-3-5-12(8)10-6-9(7-10)11(13)14/h8-10H,2-7H2,1H3,(H,13,14). The zero-order valence-electron chi connectivity index (χ0n) is 8.78. The van der Waals surface area contributed by atoms with Crippen molar-refractivity contribution in [2.45, 2.75) is 51.1 Å². The molecule has 2 aliphatic rings. The highest BCUT2D eigenvalue weighted by molar-refractivity contribution is 5.71. The van der Waals surface area contributed by atoms with E-state index in [4.69, 9.17) is 5.11 Å². The number of aliphatic carboxylic acids is 1. The predicted octanol–water partition coefficient (Wildman–Crippen LogP) is 1.72. The maximum Gasteiger partial charge on any atom is 0.306 e. The number of hydrogen-bond donors (Lipinski definition) is 1. The summed E-state index contributed by atoms with van der Waals surface area (Å²) in [5, 5.41) is 8.80. The van der Waals surface area contributed by atoms with E-state index in [1.165, 1.54) is 25.8 Å². The number of rotatable bonds is 2. The van der Waals surface area contributed by atoms with Crippen molar-refractivity contribution in [2.75, 3.05) is 6.54 Å². The van der Waals surface area contributed by atoms with Crippen LogP contribution < -0.4 is 0 Å². The fraction of sp³-hybridized carbons (Fsp3) is 0.909. The first-order chi connectivity index (χ1) is 6.68. The summed E-state index contributed by atoms with van der Waals surface area (Å²) in [6.45, 7) is 3.45. The second kappa shape index (κ2) is 3.89. The first-order valence-electron chi connectivity index (χ1n) is 5.67. The third kappa shape index (κ3) is 1.78. The molecule has 0 aromatic rings. The average molecular weight is 197 g/mol. The van der Waals surface area contributed by atoms with Gasteiger partial charge in [-0.1, -0.05) is 6.42 Å². The number of carboxylic acid groups (broad SMARTS) is 1. The summed E-state index contributed by atoms with van der Waals surface area (Å²) >= 11 is 0. The van der Waals surface area contributed by atoms with Crippen LogP contribution in [0.5, 0.6) is 0 Å². The molecule has 1 saturated heterocycles. The molecule has 3 nitrogen and oxygen atoms in total. The van der Waals surface area contributed by atoms with Crippen LogP contribution in [0.1, 0.15) is 39.0 Å². The number of carboxylic acids is 1. The average Bonchev–Trinajstić information content (AvgIpc) is 2.05. The molecule has 1 aliphatic carbocycles. The highest BCUT2D eigenvalue weighted by atomic mass is 16.4. The smallest absolute Gasteiger partial charge is 0.306 e. The van der Waals surface area contributed by atoms with Crippen molar-refractivity contribution in [3.05, 3.63) is 0 Å². The summed E-state index contributed by atoms with van der Waals surface area (Å²) in [6, 6.07) is 1.23. The van der Waals surface area contributed by atoms with E-state index in [0.29, 0.717) is 12.1 Å². The number of piperidine rings is 1. The largest absolute Gasteiger partial charge is 0.481 e. The van der Waals surface area contributed by atoms with Crippen molar-refractivity contribution in [1.82, 2.24) is 4.90 Å². The minimum atomic E-state index is -0.606. The Labute approximate surface area is 85.1 Å². The number of likely N-dealkylation sites (tertiary alicyclic amines) is 1. The Hall–Kier alpha value is -0.570. The molecule has 1 saturated carbocycles. The summed E-state index contributed by atoms with van der Waals surface area (Å²) in [5.41, 5.74) is 0. The van der Waals surface area contributed by atoms with Crippen LogP contribution in [0.2, 0.25) is 0 Å². The van der Waals surface area contributed by atoms with E-state index in [1.807, 2.05) is 0 Å². The molecule has 1 N–H and O–H groups in total. The van der Waals surface area contributed by atoms with Gasteiger partial charge in [-0.05, 0) is 39.2 Å². The molecule has 0 radical (unpaired) electrons. The minimum Gasteiger partial charge on any atom is -0.481 e. The van der Waals surface area contributed by atoms with Gasteiger partial charge in [0.05, 0.1) is 5.92 Å². The number of hydrogen-bond acceptors (Lipinski definition) is 2. The summed E-state index contributed by atoms with van der Waals surface area (Å²) in [5.74, 6) is -0.667. The van der Waals surface area contributed by atoms with Crippen molar-refractivity contribution in [1.29, 1.82) is 0 Å². The lowest BCUT2D eigenvalue weighted by atomic mass is 9.78. The van der Waals surface area contributed by atoms with E-state index >= 15 is 0 Å². The Morgan fingerprint density at radius 1 is 1.36 bits per heavy atom. The second-order valence-corrected chi connectivity index (χ2v) is 4.74. The first kappa shape index (κ1) is 9.97. The highest BCUT2D eigenvalue weighted by Crippen LogP contribution is 2.35. The van der Waals surface area contributed by atoms with Crippen LogP contribution in [-0.2, 0) is 4.79 Å². The lowest BCUT2D eigenvalue weighted by molar-refractivity contribution is -0.147. The molecule has 2 rings (SSSR count). The van der Waals surface area contributed by atoms with Gasteiger partial charge in [0.15, 0.2) is 0 Å². The zero-order valence-corrected chi connectivity index (χ0v) is 8.78. The van der Waals surface area contributed by atoms with E-state index in [1.54, 1.807) is 0 Å². The Balaban J connectivity index is 1.83. The third-order valence-corrected chi connectivity index (χ3v) is 3.79. The number of nitrogens with zero attached hydrogens (tertiary/aromatic N) is 1. The molecular formula is C11H19NO2. The zero-order chi connectivity index (χ0) is 10.1. The van der Waals surface area contributed by atoms with Crippen LogP contribution in [0.15, 0.2) is 0 Å². The van der Waals surface area contributed by atoms with Gasteiger partial charge in [-0.2, -0.15) is 0 Å². The maximum absolute atomic E-state index is 10.7. The van der Waals surface area contributed by atoms with Crippen LogP contribution in [-0.4, -0.2) is 34.6 Å². The molecule has 1 heterocycles. The summed E-state index contributed by atoms with van der Waals surface area (Å²) in [4.78, 5) is 13.2. The van der Waals surface area contributed by atoms with E-state index in [9.17, 15) is 4.79 Å². The van der Waals surface area contributed by atoms with E-state index in [-0.39, 0.29) is 5.92 Å². The van der Waals surface area contributed by atoms with Gasteiger partial charge in [-0.25, -0.2) is 0 Å². The van der Waals surface area contributed by atoms with Gasteiger partial charge in [0.1, 0.15) is 0 Å². The van der Waals surface area contributed by atoms with Crippen molar-refractivity contribution < 1.29 is 9.90 Å². The molecule has 2 fully saturated rings. The van der Waals surface area contributed by atoms with E-state index in [0.717, 1.165) is 12.8 Å². The van der Waals surface area contributed by atoms with Crippen molar-refractivity contribution >= 4 is 5.97 Å². The van der Waals surface area contributed by atoms with Crippen LogP contribution in [0.4, 0.5) is 0 Å². The molecule has 0 amide bonds. The Morgan fingerprint density at radius 3 is 2.64 bits per heavy atom. The van der Waals surface area contributed by atoms with Gasteiger partial charge >= 0.3 is 5.97 Å². The van der Waals surface area contributed by atoms with Gasteiger partial charge in [0, 0.05) is 12.1 Å². The molecule has 1 aliphatic heterocycles. The number of carbonyl (C=O) groups is 1. The van der Waals surface area contributed by atoms with Gasteiger partial charge < -0.3 is 5.11 Å². The molecular weight excluding hydrogens is 178 g/mol. The summed E-state index contributed by atoms with van der Waals surface area (Å²) in [7, 11) is 0. The summed E-state index contributed by atoms with van der Waals surface area (Å²) < 4.78 is 0. The fourth-order valence-electron chi connectivity index (χ4n) is 2.72. The van der Waals surface area contributed by atoms with Gasteiger partial charge in [0.25, 0.3) is 0 Å². The topological polar surface area (TPSA) is 40.5 Å². The normalized spacial score (nSPS) is 39.1. The molecule has 3 heteroatoms. The first-order valence-corrected chi connectivity index (χ1v) is 5.67. The molecule has 1 atom stereocenters. The Morgan fingerprint density at radius 2 is 2.07 bits per heavy atom. The lowest BCUT2D eigenvalue weighted by Crippen LogP contribution is -2.52. The van der Waals surface area contributed by atoms with Crippen LogP contribution in [0.3, 0.4) is 0 Å². The molecule has 80 valence electrons. The van der Waals surface area contributed by atoms with Crippen molar-refractivity contribution in [3.63, 3.8) is 0 Å². The van der Waals surface area contributed by atoms with Crippen LogP contribution in [0.25, 0.3) is 0 Å². The molecule has 0 aromatic heterocycles. The Bertz CT molecular complexity index is 223. The molecule has 0 bridgehead atoms. The molecule has 1 unspecified atom stereocenters. The van der Waals surface area contributed by atoms with E-state index in [2.05, 4.69) is 11.8 Å². The fourth-order valence-corrected chi connectivity index (χ4v) is 2.72. The van der Waals surface area contributed by atoms with Gasteiger partial charge in [0.2, 0.25) is 0 Å². The quantitative estimate of drug-likeness (QED) is 0.732. The maximum atomic E-state index is 10.7. The third-order valence-electron chi connectivity index (χ3n) is 3.79.